The second-order valence-electron chi connectivity index (χ2n) is 16.2. The molecular formula is C44H58N2O13. The molecule has 2 aromatic rings. The van der Waals surface area contributed by atoms with Crippen LogP contribution in [0.2, 0.25) is 0 Å². The summed E-state index contributed by atoms with van der Waals surface area (Å²) in [5.74, 6) is -8.50. The molecule has 0 aromatic heterocycles. The standard InChI is InChI=1S/C44H58N2O13/c1-21-14-13-15-22(2)43(54)46-34-29(20-45-59-28-16-11-10-12-17-28)38(51)31-32(39(34)52)37(50)26(6)41-33(31)42(53)44(8,58-41)56-19-18-30(55-9)23(3)40(57-27(7)47)25(5)36(49)24(4)35(21)48/h13-15,18-21,23-25,28,30,35-36,40,48-52H,10-12,16-17H2,1-9H3,(H,46,54)/b14-13+,19-18+,22-15-,45-20+/t21-,23-,24-,25-,30+,35+,36-,40-,44+/m1/s1. The van der Waals surface area contributed by atoms with Gasteiger partial charge in [0.2, 0.25) is 0 Å². The van der Waals surface area contributed by atoms with Gasteiger partial charge in [0.25, 0.3) is 11.7 Å². The fraction of sp³-hybridized carbons (Fsp3) is 0.545. The van der Waals surface area contributed by atoms with E-state index in [1.165, 1.54) is 53.2 Å². The van der Waals surface area contributed by atoms with Crippen molar-refractivity contribution in [2.24, 2.45) is 28.8 Å². The van der Waals surface area contributed by atoms with Crippen molar-refractivity contribution in [3.63, 3.8) is 0 Å². The Hall–Kier alpha value is -5.12. The fourth-order valence-corrected chi connectivity index (χ4v) is 8.21. The predicted molar refractivity (Wildman–Crippen MR) is 219 cm³/mol. The zero-order valence-electron chi connectivity index (χ0n) is 35.1. The number of aliphatic hydroxyl groups excluding tert-OH is 2. The number of Topliss-reactive ketones (excluding diaryl/α,β-unsaturated/α-hetero) is 1. The number of benzene rings is 2. The number of hydrogen-bond donors (Lipinski definition) is 6. The number of anilines is 1. The number of nitrogens with zero attached hydrogens (tertiary/aromatic N) is 1. The highest BCUT2D eigenvalue weighted by atomic mass is 16.7. The molecule has 4 aliphatic rings. The molecule has 1 fully saturated rings. The predicted octanol–water partition coefficient (Wildman–Crippen LogP) is 6.44. The van der Waals surface area contributed by atoms with Gasteiger partial charge in [-0.1, -0.05) is 57.5 Å². The topological polar surface area (TPSA) is 223 Å². The van der Waals surface area contributed by atoms with E-state index < -0.39 is 88.8 Å². The Labute approximate surface area is 344 Å². The quantitative estimate of drug-likeness (QED) is 0.0629. The molecule has 0 unspecified atom stereocenters. The van der Waals surface area contributed by atoms with E-state index >= 15 is 0 Å². The molecule has 9 atom stereocenters. The number of phenolic OH excluding ortho intramolecular Hbond substituents is 3. The smallest absolute Gasteiger partial charge is 0.312 e. The number of methoxy groups -OCH3 is 1. The summed E-state index contributed by atoms with van der Waals surface area (Å²) >= 11 is 0. The molecule has 0 spiro atoms. The van der Waals surface area contributed by atoms with Crippen LogP contribution >= 0.6 is 0 Å². The molecule has 6 N–H and O–H groups in total. The van der Waals surface area contributed by atoms with Gasteiger partial charge in [-0.05, 0) is 45.6 Å². The summed E-state index contributed by atoms with van der Waals surface area (Å²) in [4.78, 5) is 46.2. The lowest BCUT2D eigenvalue weighted by molar-refractivity contribution is -0.160. The minimum Gasteiger partial charge on any atom is -0.507 e. The van der Waals surface area contributed by atoms with Crippen molar-refractivity contribution in [1.82, 2.24) is 0 Å². The Morgan fingerprint density at radius 3 is 2.25 bits per heavy atom. The maximum Gasteiger partial charge on any atom is 0.312 e. The third-order valence-electron chi connectivity index (χ3n) is 12.0. The van der Waals surface area contributed by atoms with Gasteiger partial charge in [0.1, 0.15) is 29.5 Å². The second-order valence-corrected chi connectivity index (χ2v) is 16.2. The third-order valence-corrected chi connectivity index (χ3v) is 12.0. The van der Waals surface area contributed by atoms with E-state index in [2.05, 4.69) is 10.5 Å². The summed E-state index contributed by atoms with van der Waals surface area (Å²) in [6.07, 6.45) is 9.03. The van der Waals surface area contributed by atoms with Crippen LogP contribution in [0.25, 0.3) is 10.8 Å². The van der Waals surface area contributed by atoms with Crippen molar-refractivity contribution in [3.05, 3.63) is 52.8 Å². The van der Waals surface area contributed by atoms with Crippen LogP contribution in [0, 0.1) is 30.6 Å². The first-order chi connectivity index (χ1) is 27.8. The lowest BCUT2D eigenvalue weighted by Gasteiger charge is -2.38. The number of hydrogen-bond acceptors (Lipinski definition) is 14. The number of allylic oxidation sites excluding steroid dienone is 2. The number of ketones is 1. The zero-order valence-corrected chi connectivity index (χ0v) is 35.1. The minimum absolute atomic E-state index is 0.0450. The summed E-state index contributed by atoms with van der Waals surface area (Å²) < 4.78 is 23.6. The molecule has 322 valence electrons. The minimum atomic E-state index is -2.05. The highest BCUT2D eigenvalue weighted by molar-refractivity contribution is 6.23. The van der Waals surface area contributed by atoms with Gasteiger partial charge in [-0.25, -0.2) is 0 Å². The van der Waals surface area contributed by atoms with Gasteiger partial charge < -0.3 is 54.6 Å². The van der Waals surface area contributed by atoms with Gasteiger partial charge in [-0.2, -0.15) is 0 Å². The van der Waals surface area contributed by atoms with E-state index in [0.29, 0.717) is 0 Å². The van der Waals surface area contributed by atoms with Crippen molar-refractivity contribution >= 4 is 40.3 Å². The number of amides is 1. The van der Waals surface area contributed by atoms with Crippen LogP contribution in [0.4, 0.5) is 5.69 Å². The molecule has 1 amide bonds. The maximum atomic E-state index is 14.4. The summed E-state index contributed by atoms with van der Waals surface area (Å²) in [5, 5.41) is 64.4. The van der Waals surface area contributed by atoms with Crippen LogP contribution in [0.1, 0.15) is 102 Å². The third kappa shape index (κ3) is 9.07. The average Bonchev–Trinajstić information content (AvgIpc) is 3.47. The van der Waals surface area contributed by atoms with Crippen LogP contribution in [-0.4, -0.2) is 92.8 Å². The largest absolute Gasteiger partial charge is 0.507 e. The van der Waals surface area contributed by atoms with Crippen molar-refractivity contribution in [1.29, 1.82) is 0 Å². The molecule has 6 rings (SSSR count). The number of phenols is 3. The first-order valence-corrected chi connectivity index (χ1v) is 20.1. The highest BCUT2D eigenvalue weighted by Crippen LogP contribution is 2.55. The van der Waals surface area contributed by atoms with Gasteiger partial charge >= 0.3 is 11.8 Å². The lowest BCUT2D eigenvalue weighted by atomic mass is 9.78. The maximum absolute atomic E-state index is 14.4. The Bertz CT molecular complexity index is 2050. The van der Waals surface area contributed by atoms with Crippen molar-refractivity contribution in [3.8, 4) is 23.0 Å². The molecule has 15 heteroatoms. The van der Waals surface area contributed by atoms with E-state index in [9.17, 15) is 39.9 Å². The zero-order chi connectivity index (χ0) is 43.5. The highest BCUT2D eigenvalue weighted by Gasteiger charge is 2.50. The molecule has 1 aliphatic carbocycles. The number of rotatable bonds is 5. The molecule has 1 saturated carbocycles. The van der Waals surface area contributed by atoms with Crippen LogP contribution in [0.5, 0.6) is 23.0 Å². The number of esters is 1. The number of oxime groups is 1. The average molecular weight is 823 g/mol. The number of carbonyl (C=O) groups is 3. The SMILES string of the molecule is CO[C@H]1/C=C/O[C@@]2(C)Oc3c(C)c(O)c4c(O)c(c(/C=N/OC5CCCCC5)c(O)c4c3C2=O)NC(=O)/C(C)=C\C=C\[C@@H](C)[C@H](O)[C@@H](C)[C@@H](O)[C@@H](C)[C@H](OC(C)=O)[C@@H]1C. The van der Waals surface area contributed by atoms with E-state index in [4.69, 9.17) is 23.8 Å². The van der Waals surface area contributed by atoms with Crippen LogP contribution in [0.15, 0.2) is 41.3 Å². The van der Waals surface area contributed by atoms with Crippen molar-refractivity contribution in [2.45, 2.75) is 124 Å². The molecule has 3 aliphatic heterocycles. The van der Waals surface area contributed by atoms with Crippen LogP contribution < -0.4 is 10.1 Å². The van der Waals surface area contributed by atoms with Crippen molar-refractivity contribution < 1.29 is 63.7 Å². The van der Waals surface area contributed by atoms with Gasteiger partial charge in [0, 0.05) is 61.2 Å². The van der Waals surface area contributed by atoms with Gasteiger partial charge in [0.15, 0.2) is 5.75 Å². The number of fused-ring (bicyclic) bond motifs is 14. The number of nitrogens with one attached hydrogen (secondary N) is 1. The van der Waals surface area contributed by atoms with Gasteiger partial charge in [0.05, 0.1) is 53.0 Å². The van der Waals surface area contributed by atoms with Crippen LogP contribution in [0.3, 0.4) is 0 Å². The van der Waals surface area contributed by atoms with E-state index in [0.717, 1.165) is 38.3 Å². The molecular weight excluding hydrogens is 764 g/mol. The molecule has 5 bridgehead atoms. The van der Waals surface area contributed by atoms with Gasteiger partial charge in [-0.3, -0.25) is 14.4 Å². The summed E-state index contributed by atoms with van der Waals surface area (Å²) in [6.45, 7) is 12.5. The Morgan fingerprint density at radius 2 is 1.61 bits per heavy atom. The van der Waals surface area contributed by atoms with E-state index in [-0.39, 0.29) is 50.6 Å². The fourth-order valence-electron chi connectivity index (χ4n) is 8.21. The van der Waals surface area contributed by atoms with Gasteiger partial charge in [-0.15, -0.1) is 0 Å². The van der Waals surface area contributed by atoms with E-state index in [1.807, 2.05) is 0 Å². The molecule has 2 aromatic carbocycles. The number of aromatic hydroxyl groups is 3. The van der Waals surface area contributed by atoms with Crippen LogP contribution in [-0.2, 0) is 28.6 Å². The Kier molecular flexibility index (Phi) is 14.0. The van der Waals surface area contributed by atoms with E-state index in [1.54, 1.807) is 39.8 Å². The number of aliphatic hydroxyl groups is 2. The molecule has 0 radical (unpaired) electrons. The lowest BCUT2D eigenvalue weighted by Crippen LogP contribution is -2.46. The molecule has 3 heterocycles. The first-order valence-electron chi connectivity index (χ1n) is 20.1. The summed E-state index contributed by atoms with van der Waals surface area (Å²) in [5.41, 5.74) is -0.511. The first kappa shape index (κ1) is 45.0. The Balaban J connectivity index is 1.69. The van der Waals surface area contributed by atoms with Crippen molar-refractivity contribution in [2.75, 3.05) is 12.4 Å². The monoisotopic (exact) mass is 822 g/mol. The molecule has 15 nitrogen and oxygen atoms in total. The Morgan fingerprint density at radius 1 is 0.932 bits per heavy atom. The molecule has 0 saturated heterocycles. The number of ether oxygens (including phenoxy) is 4. The summed E-state index contributed by atoms with van der Waals surface area (Å²) in [6, 6.07) is 0. The normalized spacial score (nSPS) is 31.9. The second kappa shape index (κ2) is 18.4. The molecule has 59 heavy (non-hydrogen) atoms. The number of carbonyl (C=O) groups excluding carboxylic acids is 3. The summed E-state index contributed by atoms with van der Waals surface area (Å²) in [7, 11) is 1.43.